The van der Waals surface area contributed by atoms with Gasteiger partial charge in [-0.2, -0.15) is 0 Å². The number of carbonyl (C=O) groups excluding carboxylic acids is 1. The summed E-state index contributed by atoms with van der Waals surface area (Å²) in [6.45, 7) is 6.02. The smallest absolute Gasteiger partial charge is 0.289 e. The number of halogens is 1. The predicted octanol–water partition coefficient (Wildman–Crippen LogP) is 1.41. The molecule has 2 aromatic rings. The van der Waals surface area contributed by atoms with Crippen molar-refractivity contribution in [3.05, 3.63) is 63.7 Å². The van der Waals surface area contributed by atoms with Gasteiger partial charge in [0.15, 0.2) is 5.52 Å². The second-order valence-electron chi connectivity index (χ2n) is 4.70. The van der Waals surface area contributed by atoms with Gasteiger partial charge in [0.2, 0.25) is 0 Å². The second kappa shape index (κ2) is 7.44. The fourth-order valence-corrected chi connectivity index (χ4v) is 3.58. The number of aryl methyl sites for hydroxylation is 3. The summed E-state index contributed by atoms with van der Waals surface area (Å²) < 4.78 is 0. The molecule has 0 heterocycles. The van der Waals surface area contributed by atoms with Crippen molar-refractivity contribution in [1.82, 2.24) is 0 Å². The van der Waals surface area contributed by atoms with Gasteiger partial charge in [-0.3, -0.25) is 4.79 Å². The molecule has 0 radical (unpaired) electrons. The van der Waals surface area contributed by atoms with Crippen LogP contribution < -0.4 is 24.2 Å². The molecule has 2 aromatic carbocycles. The van der Waals surface area contributed by atoms with Gasteiger partial charge in [-0.25, -0.2) is 0 Å². The predicted molar refractivity (Wildman–Crippen MR) is 84.4 cm³/mol. The zero-order valence-corrected chi connectivity index (χ0v) is 14.0. The first kappa shape index (κ1) is 17.5. The van der Waals surface area contributed by atoms with E-state index < -0.39 is 0 Å². The molecule has 0 saturated carbocycles. The minimum Gasteiger partial charge on any atom is -0.289 e. The summed E-state index contributed by atoms with van der Waals surface area (Å²) in [6.07, 6.45) is 0. The molecule has 2 rings (SSSR count). The Hall–Kier alpha value is -0.573. The van der Waals surface area contributed by atoms with Gasteiger partial charge < -0.3 is 0 Å². The fourth-order valence-electron chi connectivity index (χ4n) is 2.06. The average Bonchev–Trinajstić information content (AvgIpc) is 2.32. The van der Waals surface area contributed by atoms with E-state index >= 15 is 0 Å². The van der Waals surface area contributed by atoms with Gasteiger partial charge in [-0.1, -0.05) is 47.5 Å². The summed E-state index contributed by atoms with van der Waals surface area (Å²) in [6, 6.07) is 11.7. The minimum absolute atomic E-state index is 0. The molecule has 98 valence electrons. The third-order valence-corrected chi connectivity index (χ3v) is 4.70. The summed E-state index contributed by atoms with van der Waals surface area (Å²) in [5, 5.41) is 1.64. The zero-order chi connectivity index (χ0) is 14.0. The summed E-state index contributed by atoms with van der Waals surface area (Å²) in [5.74, 6) is 0. The minimum atomic E-state index is 0. The van der Waals surface area contributed by atoms with Gasteiger partial charge in [0.1, 0.15) is 0 Å². The largest absolute Gasteiger partial charge is 1.00 e. The standard InChI is InChI=1S/C16H16ClOP.Li/c1-10-7-8-14(12(3)9-10)19-16(18)15-11(2)5-4-6-13(15)17;/h4-9,19H,1-3H3;/q;+1. The van der Waals surface area contributed by atoms with Crippen LogP contribution in [0.3, 0.4) is 0 Å². The molecular formula is C16H16ClLiOP+. The van der Waals surface area contributed by atoms with Gasteiger partial charge in [-0.05, 0) is 51.8 Å². The summed E-state index contributed by atoms with van der Waals surface area (Å²) >= 11 is 6.14. The molecule has 0 fully saturated rings. The fraction of sp³-hybridized carbons (Fsp3) is 0.188. The van der Waals surface area contributed by atoms with E-state index in [0.717, 1.165) is 16.4 Å². The molecule has 0 N–H and O–H groups in total. The molecule has 1 atom stereocenters. The molecule has 20 heavy (non-hydrogen) atoms. The Labute approximate surface area is 139 Å². The van der Waals surface area contributed by atoms with Crippen LogP contribution in [-0.4, -0.2) is 5.52 Å². The molecular weight excluding hydrogens is 282 g/mol. The molecule has 0 saturated heterocycles. The first-order chi connectivity index (χ1) is 8.99. The van der Waals surface area contributed by atoms with Crippen LogP contribution in [0, 0.1) is 20.8 Å². The van der Waals surface area contributed by atoms with Crippen LogP contribution >= 0.6 is 20.2 Å². The van der Waals surface area contributed by atoms with Crippen LogP contribution in [0.5, 0.6) is 0 Å². The van der Waals surface area contributed by atoms with Gasteiger partial charge >= 0.3 is 18.9 Å². The molecule has 0 amide bonds. The molecule has 1 nitrogen and oxygen atoms in total. The maximum absolute atomic E-state index is 12.4. The van der Waals surface area contributed by atoms with Crippen molar-refractivity contribution in [2.75, 3.05) is 0 Å². The van der Waals surface area contributed by atoms with Crippen LogP contribution in [0.2, 0.25) is 5.02 Å². The molecule has 0 bridgehead atoms. The Morgan fingerprint density at radius 2 is 1.75 bits per heavy atom. The van der Waals surface area contributed by atoms with E-state index in [-0.39, 0.29) is 33.0 Å². The summed E-state index contributed by atoms with van der Waals surface area (Å²) in [5.41, 5.74) is 4.08. The number of hydrogen-bond acceptors (Lipinski definition) is 1. The van der Waals surface area contributed by atoms with Crippen molar-refractivity contribution < 1.29 is 23.7 Å². The van der Waals surface area contributed by atoms with Crippen LogP contribution in [0.15, 0.2) is 36.4 Å². The van der Waals surface area contributed by atoms with E-state index in [1.54, 1.807) is 6.07 Å². The normalized spacial score (nSPS) is 10.6. The monoisotopic (exact) mass is 297 g/mol. The third-order valence-electron chi connectivity index (χ3n) is 3.08. The van der Waals surface area contributed by atoms with Crippen LogP contribution in [0.1, 0.15) is 27.0 Å². The Balaban J connectivity index is 0.00000200. The maximum atomic E-state index is 12.4. The number of hydrogen-bond donors (Lipinski definition) is 0. The van der Waals surface area contributed by atoms with E-state index in [4.69, 9.17) is 11.6 Å². The Bertz CT molecular complexity index is 620. The number of rotatable bonds is 3. The van der Waals surface area contributed by atoms with Crippen molar-refractivity contribution >= 4 is 31.0 Å². The van der Waals surface area contributed by atoms with E-state index in [2.05, 4.69) is 13.0 Å². The molecule has 0 aliphatic carbocycles. The van der Waals surface area contributed by atoms with Gasteiger partial charge in [0.25, 0.3) is 0 Å². The summed E-state index contributed by atoms with van der Waals surface area (Å²) in [7, 11) is 0.120. The van der Waals surface area contributed by atoms with Crippen molar-refractivity contribution in [2.24, 2.45) is 0 Å². The first-order valence-corrected chi connectivity index (χ1v) is 7.50. The maximum Gasteiger partial charge on any atom is 1.00 e. The molecule has 4 heteroatoms. The van der Waals surface area contributed by atoms with Crippen molar-refractivity contribution in [2.45, 2.75) is 20.8 Å². The van der Waals surface area contributed by atoms with Crippen LogP contribution in [0.4, 0.5) is 0 Å². The Morgan fingerprint density at radius 1 is 1.05 bits per heavy atom. The molecule has 0 aromatic heterocycles. The van der Waals surface area contributed by atoms with E-state index in [1.165, 1.54) is 5.56 Å². The van der Waals surface area contributed by atoms with Gasteiger partial charge in [0, 0.05) is 5.56 Å². The number of benzene rings is 2. The van der Waals surface area contributed by atoms with E-state index in [0.29, 0.717) is 10.6 Å². The van der Waals surface area contributed by atoms with Gasteiger partial charge in [-0.15, -0.1) is 0 Å². The number of carbonyl (C=O) groups is 1. The van der Waals surface area contributed by atoms with Crippen LogP contribution in [-0.2, 0) is 0 Å². The molecule has 0 spiro atoms. The Kier molecular flexibility index (Phi) is 6.50. The van der Waals surface area contributed by atoms with Crippen molar-refractivity contribution in [3.63, 3.8) is 0 Å². The third kappa shape index (κ3) is 3.97. The van der Waals surface area contributed by atoms with E-state index in [1.807, 2.05) is 38.1 Å². The van der Waals surface area contributed by atoms with Crippen LogP contribution in [0.25, 0.3) is 0 Å². The molecule has 0 aliphatic heterocycles. The van der Waals surface area contributed by atoms with Crippen molar-refractivity contribution in [1.29, 1.82) is 0 Å². The van der Waals surface area contributed by atoms with E-state index in [9.17, 15) is 4.79 Å². The summed E-state index contributed by atoms with van der Waals surface area (Å²) in [4.78, 5) is 12.4. The van der Waals surface area contributed by atoms with Crippen molar-refractivity contribution in [3.8, 4) is 0 Å². The molecule has 0 aliphatic rings. The zero-order valence-electron chi connectivity index (χ0n) is 12.3. The Morgan fingerprint density at radius 3 is 2.35 bits per heavy atom. The van der Waals surface area contributed by atoms with Gasteiger partial charge in [0.05, 0.1) is 5.02 Å². The first-order valence-electron chi connectivity index (χ1n) is 6.13. The SMILES string of the molecule is Cc1ccc(PC(=O)c2c(C)cccc2Cl)c(C)c1.[Li+]. The second-order valence-corrected chi connectivity index (χ2v) is 6.35. The quantitative estimate of drug-likeness (QED) is 0.618. The topological polar surface area (TPSA) is 17.1 Å². The average molecular weight is 298 g/mol. The molecule has 1 unspecified atom stereocenters.